The van der Waals surface area contributed by atoms with E-state index in [4.69, 9.17) is 9.47 Å². The van der Waals surface area contributed by atoms with Crippen LogP contribution in [0.3, 0.4) is 0 Å². The molecular weight excluding hydrogens is 398 g/mol. The van der Waals surface area contributed by atoms with Crippen LogP contribution in [-0.2, 0) is 9.59 Å². The van der Waals surface area contributed by atoms with Crippen LogP contribution in [-0.4, -0.2) is 55.3 Å². The van der Waals surface area contributed by atoms with Gasteiger partial charge in [-0.25, -0.2) is 0 Å². The predicted molar refractivity (Wildman–Crippen MR) is 118 cm³/mol. The SMILES string of the molecule is CCN(CCC(=O)Nc1ccc(C(C)=O)cc1)CC(=O)Nc1ccc2c(c1)OCCO2. The van der Waals surface area contributed by atoms with Gasteiger partial charge in [0.25, 0.3) is 0 Å². The molecule has 2 N–H and O–H groups in total. The fraction of sp³-hybridized carbons (Fsp3) is 0.348. The molecule has 0 saturated heterocycles. The zero-order valence-corrected chi connectivity index (χ0v) is 17.8. The molecule has 1 heterocycles. The lowest BCUT2D eigenvalue weighted by Gasteiger charge is -2.21. The Morgan fingerprint density at radius 3 is 2.23 bits per heavy atom. The van der Waals surface area contributed by atoms with Gasteiger partial charge in [-0.3, -0.25) is 19.3 Å². The van der Waals surface area contributed by atoms with Crippen molar-refractivity contribution >= 4 is 29.0 Å². The molecule has 0 fully saturated rings. The lowest BCUT2D eigenvalue weighted by atomic mass is 10.1. The Balaban J connectivity index is 1.45. The number of nitrogens with zero attached hydrogens (tertiary/aromatic N) is 1. The van der Waals surface area contributed by atoms with E-state index in [0.717, 1.165) is 0 Å². The molecule has 0 aromatic heterocycles. The molecule has 1 aliphatic heterocycles. The summed E-state index contributed by atoms with van der Waals surface area (Å²) in [7, 11) is 0. The molecule has 31 heavy (non-hydrogen) atoms. The number of hydrogen-bond acceptors (Lipinski definition) is 6. The number of anilines is 2. The lowest BCUT2D eigenvalue weighted by molar-refractivity contribution is -0.119. The second-order valence-electron chi connectivity index (χ2n) is 7.21. The van der Waals surface area contributed by atoms with Crippen molar-refractivity contribution in [2.45, 2.75) is 20.3 Å². The van der Waals surface area contributed by atoms with Crippen molar-refractivity contribution in [2.24, 2.45) is 0 Å². The highest BCUT2D eigenvalue weighted by molar-refractivity contribution is 5.96. The van der Waals surface area contributed by atoms with Crippen molar-refractivity contribution in [1.29, 1.82) is 0 Å². The average molecular weight is 425 g/mol. The maximum atomic E-state index is 12.4. The number of ketones is 1. The minimum atomic E-state index is -0.168. The van der Waals surface area contributed by atoms with Gasteiger partial charge in [0.15, 0.2) is 17.3 Å². The summed E-state index contributed by atoms with van der Waals surface area (Å²) in [5.74, 6) is 0.941. The van der Waals surface area contributed by atoms with E-state index in [1.165, 1.54) is 6.92 Å². The van der Waals surface area contributed by atoms with Gasteiger partial charge in [-0.2, -0.15) is 0 Å². The van der Waals surface area contributed by atoms with Crippen LogP contribution in [0.15, 0.2) is 42.5 Å². The first kappa shape index (κ1) is 22.3. The molecule has 1 aliphatic rings. The van der Waals surface area contributed by atoms with E-state index in [1.54, 1.807) is 42.5 Å². The lowest BCUT2D eigenvalue weighted by Crippen LogP contribution is -2.35. The third-order valence-electron chi connectivity index (χ3n) is 4.87. The van der Waals surface area contributed by atoms with Crippen LogP contribution in [0.2, 0.25) is 0 Å². The van der Waals surface area contributed by atoms with Crippen LogP contribution in [0.25, 0.3) is 0 Å². The molecule has 0 bridgehead atoms. The fourth-order valence-electron chi connectivity index (χ4n) is 3.15. The highest BCUT2D eigenvalue weighted by Crippen LogP contribution is 2.32. The van der Waals surface area contributed by atoms with Gasteiger partial charge in [-0.1, -0.05) is 6.92 Å². The third kappa shape index (κ3) is 6.55. The number of Topliss-reactive ketones (excluding diaryl/α,β-unsaturated/α-hetero) is 1. The Morgan fingerprint density at radius 2 is 1.55 bits per heavy atom. The second kappa shape index (κ2) is 10.6. The number of benzene rings is 2. The summed E-state index contributed by atoms with van der Waals surface area (Å²) in [5, 5.41) is 5.66. The molecule has 0 aliphatic carbocycles. The standard InChI is InChI=1S/C23H27N3O5/c1-3-26(11-10-22(28)24-18-6-4-17(5-7-18)16(2)27)15-23(29)25-19-8-9-20-21(14-19)31-13-12-30-20/h4-9,14H,3,10-13,15H2,1-2H3,(H,24,28)(H,25,29). The Morgan fingerprint density at radius 1 is 0.903 bits per heavy atom. The van der Waals surface area contributed by atoms with Gasteiger partial charge < -0.3 is 20.1 Å². The van der Waals surface area contributed by atoms with Crippen molar-refractivity contribution in [1.82, 2.24) is 4.90 Å². The highest BCUT2D eigenvalue weighted by atomic mass is 16.6. The monoisotopic (exact) mass is 425 g/mol. The molecule has 2 aromatic rings. The first-order valence-corrected chi connectivity index (χ1v) is 10.3. The Labute approximate surface area is 181 Å². The summed E-state index contributed by atoms with van der Waals surface area (Å²) in [6.07, 6.45) is 0.250. The van der Waals surface area contributed by atoms with E-state index in [2.05, 4.69) is 10.6 Å². The summed E-state index contributed by atoms with van der Waals surface area (Å²) in [4.78, 5) is 37.9. The first-order chi connectivity index (χ1) is 14.9. The molecule has 164 valence electrons. The summed E-state index contributed by atoms with van der Waals surface area (Å²) < 4.78 is 11.0. The van der Waals surface area contributed by atoms with Gasteiger partial charge in [-0.05, 0) is 49.9 Å². The molecule has 2 aromatic carbocycles. The van der Waals surface area contributed by atoms with Crippen LogP contribution in [0, 0.1) is 0 Å². The van der Waals surface area contributed by atoms with E-state index in [0.29, 0.717) is 54.7 Å². The normalized spacial score (nSPS) is 12.4. The Kier molecular flexibility index (Phi) is 7.61. The average Bonchev–Trinajstić information content (AvgIpc) is 2.76. The molecule has 3 rings (SSSR count). The smallest absolute Gasteiger partial charge is 0.238 e. The molecule has 0 atom stereocenters. The number of amides is 2. The van der Waals surface area contributed by atoms with E-state index in [1.807, 2.05) is 11.8 Å². The zero-order valence-electron chi connectivity index (χ0n) is 17.8. The molecule has 0 spiro atoms. The quantitative estimate of drug-likeness (QED) is 0.600. The maximum Gasteiger partial charge on any atom is 0.238 e. The van der Waals surface area contributed by atoms with Gasteiger partial charge in [0.2, 0.25) is 11.8 Å². The van der Waals surface area contributed by atoms with Crippen molar-refractivity contribution in [2.75, 3.05) is 43.5 Å². The Bertz CT molecular complexity index is 943. The number of likely N-dealkylation sites (N-methyl/N-ethyl adjacent to an activating group) is 1. The number of ether oxygens (including phenoxy) is 2. The Hall–Kier alpha value is -3.39. The third-order valence-corrected chi connectivity index (χ3v) is 4.87. The number of hydrogen-bond donors (Lipinski definition) is 2. The van der Waals surface area contributed by atoms with E-state index in [-0.39, 0.29) is 30.6 Å². The number of nitrogens with one attached hydrogen (secondary N) is 2. The minimum absolute atomic E-state index is 0.0222. The molecule has 0 radical (unpaired) electrons. The zero-order chi connectivity index (χ0) is 22.2. The summed E-state index contributed by atoms with van der Waals surface area (Å²) in [6.45, 7) is 5.69. The maximum absolute atomic E-state index is 12.4. The second-order valence-corrected chi connectivity index (χ2v) is 7.21. The van der Waals surface area contributed by atoms with Gasteiger partial charge >= 0.3 is 0 Å². The van der Waals surface area contributed by atoms with Crippen LogP contribution in [0.1, 0.15) is 30.6 Å². The largest absolute Gasteiger partial charge is 0.486 e. The number of fused-ring (bicyclic) bond motifs is 1. The van der Waals surface area contributed by atoms with Crippen molar-refractivity contribution in [3.8, 4) is 11.5 Å². The molecule has 8 nitrogen and oxygen atoms in total. The highest BCUT2D eigenvalue weighted by Gasteiger charge is 2.15. The topological polar surface area (TPSA) is 97.0 Å². The molecule has 8 heteroatoms. The summed E-state index contributed by atoms with van der Waals surface area (Å²) in [6, 6.07) is 12.0. The van der Waals surface area contributed by atoms with Gasteiger partial charge in [0.1, 0.15) is 13.2 Å². The van der Waals surface area contributed by atoms with Gasteiger partial charge in [-0.15, -0.1) is 0 Å². The number of carbonyl (C=O) groups is 3. The molecule has 2 amide bonds. The van der Waals surface area contributed by atoms with Crippen LogP contribution >= 0.6 is 0 Å². The van der Waals surface area contributed by atoms with Crippen LogP contribution in [0.4, 0.5) is 11.4 Å². The minimum Gasteiger partial charge on any atom is -0.486 e. The summed E-state index contributed by atoms with van der Waals surface area (Å²) in [5.41, 5.74) is 1.87. The van der Waals surface area contributed by atoms with E-state index < -0.39 is 0 Å². The number of carbonyl (C=O) groups excluding carboxylic acids is 3. The van der Waals surface area contributed by atoms with Crippen molar-refractivity contribution < 1.29 is 23.9 Å². The summed E-state index contributed by atoms with van der Waals surface area (Å²) >= 11 is 0. The number of rotatable bonds is 9. The van der Waals surface area contributed by atoms with Crippen molar-refractivity contribution in [3.63, 3.8) is 0 Å². The van der Waals surface area contributed by atoms with Gasteiger partial charge in [0, 0.05) is 36.0 Å². The molecule has 0 unspecified atom stereocenters. The molecular formula is C23H27N3O5. The van der Waals surface area contributed by atoms with Gasteiger partial charge in [0.05, 0.1) is 6.54 Å². The van der Waals surface area contributed by atoms with Crippen LogP contribution in [0.5, 0.6) is 11.5 Å². The van der Waals surface area contributed by atoms with E-state index >= 15 is 0 Å². The first-order valence-electron chi connectivity index (χ1n) is 10.3. The van der Waals surface area contributed by atoms with E-state index in [9.17, 15) is 14.4 Å². The fourth-order valence-corrected chi connectivity index (χ4v) is 3.15. The predicted octanol–water partition coefficient (Wildman–Crippen LogP) is 2.95. The molecule has 0 saturated carbocycles. The van der Waals surface area contributed by atoms with Crippen molar-refractivity contribution in [3.05, 3.63) is 48.0 Å². The van der Waals surface area contributed by atoms with Crippen LogP contribution < -0.4 is 20.1 Å².